The second-order valence-electron chi connectivity index (χ2n) is 5.22. The third-order valence-corrected chi connectivity index (χ3v) is 4.68. The first-order valence-corrected chi connectivity index (χ1v) is 7.91. The van der Waals surface area contributed by atoms with Crippen LogP contribution in [-0.4, -0.2) is 25.8 Å². The quantitative estimate of drug-likeness (QED) is 0.853. The molecule has 6 heteroatoms. The molecule has 106 valence electrons. The summed E-state index contributed by atoms with van der Waals surface area (Å²) in [6.07, 6.45) is 9.78. The minimum atomic E-state index is 0.464. The largest absolute Gasteiger partial charge is 0.258 e. The van der Waals surface area contributed by atoms with E-state index in [4.69, 9.17) is 4.99 Å². The fraction of sp³-hybridized carbons (Fsp3) is 0.571. The Labute approximate surface area is 122 Å². The van der Waals surface area contributed by atoms with Gasteiger partial charge in [-0.25, -0.2) is 4.68 Å². The van der Waals surface area contributed by atoms with Crippen LogP contribution in [0.2, 0.25) is 0 Å². The molecule has 1 saturated carbocycles. The molecular weight excluding hydrogens is 270 g/mol. The first-order valence-electron chi connectivity index (χ1n) is 7.10. The molecule has 0 unspecified atom stereocenters. The van der Waals surface area contributed by atoms with Crippen molar-refractivity contribution in [1.82, 2.24) is 19.7 Å². The summed E-state index contributed by atoms with van der Waals surface area (Å²) in [5.74, 6) is 0. The van der Waals surface area contributed by atoms with Crippen molar-refractivity contribution in [3.05, 3.63) is 22.9 Å². The molecule has 0 radical (unpaired) electrons. The summed E-state index contributed by atoms with van der Waals surface area (Å²) in [6, 6.07) is 0.464. The minimum Gasteiger partial charge on any atom is -0.258 e. The number of aryl methyl sites for hydroxylation is 2. The molecule has 1 fully saturated rings. The number of nitrogens with zero attached hydrogens (tertiary/aromatic N) is 5. The standard InChI is InChI=1S/C14H19N5S/c1-10-12(16-9-8-15-10)13-18-19(2)14(20-13)17-11-6-4-3-5-7-11/h8-9,11H,3-7H2,1-2H3. The minimum absolute atomic E-state index is 0.464. The molecule has 3 rings (SSSR count). The highest BCUT2D eigenvalue weighted by Crippen LogP contribution is 2.21. The average molecular weight is 289 g/mol. The molecule has 0 amide bonds. The third-order valence-electron chi connectivity index (χ3n) is 3.66. The predicted octanol–water partition coefficient (Wildman–Crippen LogP) is 2.48. The lowest BCUT2D eigenvalue weighted by Gasteiger charge is -2.16. The van der Waals surface area contributed by atoms with Crippen molar-refractivity contribution in [2.45, 2.75) is 45.1 Å². The zero-order valence-corrected chi connectivity index (χ0v) is 12.7. The summed E-state index contributed by atoms with van der Waals surface area (Å²) in [5.41, 5.74) is 1.77. The van der Waals surface area contributed by atoms with Gasteiger partial charge < -0.3 is 0 Å². The zero-order chi connectivity index (χ0) is 13.9. The first kappa shape index (κ1) is 13.4. The predicted molar refractivity (Wildman–Crippen MR) is 79.3 cm³/mol. The van der Waals surface area contributed by atoms with Crippen LogP contribution in [0.5, 0.6) is 0 Å². The van der Waals surface area contributed by atoms with Crippen LogP contribution in [0.1, 0.15) is 37.8 Å². The van der Waals surface area contributed by atoms with Crippen LogP contribution in [0, 0.1) is 6.92 Å². The van der Waals surface area contributed by atoms with Crippen LogP contribution >= 0.6 is 11.3 Å². The molecule has 1 aliphatic rings. The molecule has 0 spiro atoms. The van der Waals surface area contributed by atoms with Crippen molar-refractivity contribution < 1.29 is 0 Å². The van der Waals surface area contributed by atoms with Crippen molar-refractivity contribution in [1.29, 1.82) is 0 Å². The second-order valence-corrected chi connectivity index (χ2v) is 6.18. The van der Waals surface area contributed by atoms with Crippen LogP contribution in [-0.2, 0) is 7.05 Å². The maximum atomic E-state index is 4.86. The van der Waals surface area contributed by atoms with E-state index in [1.807, 2.05) is 18.7 Å². The van der Waals surface area contributed by atoms with Gasteiger partial charge in [-0.2, -0.15) is 5.10 Å². The van der Waals surface area contributed by atoms with Gasteiger partial charge in [0.1, 0.15) is 5.69 Å². The van der Waals surface area contributed by atoms with Crippen LogP contribution in [0.15, 0.2) is 17.4 Å². The van der Waals surface area contributed by atoms with E-state index in [1.54, 1.807) is 23.7 Å². The number of hydrogen-bond donors (Lipinski definition) is 0. The Morgan fingerprint density at radius 1 is 1.20 bits per heavy atom. The molecule has 0 atom stereocenters. The molecule has 5 nitrogen and oxygen atoms in total. The van der Waals surface area contributed by atoms with Gasteiger partial charge in [-0.3, -0.25) is 15.0 Å². The molecule has 2 heterocycles. The van der Waals surface area contributed by atoms with E-state index in [9.17, 15) is 0 Å². The summed E-state index contributed by atoms with van der Waals surface area (Å²) in [4.78, 5) is 14.5. The van der Waals surface area contributed by atoms with Gasteiger partial charge in [-0.1, -0.05) is 30.6 Å². The lowest BCUT2D eigenvalue weighted by Crippen LogP contribution is -2.18. The molecule has 0 saturated heterocycles. The van der Waals surface area contributed by atoms with Gasteiger partial charge in [0.25, 0.3) is 0 Å². The van der Waals surface area contributed by atoms with Gasteiger partial charge in [0.2, 0.25) is 4.80 Å². The third kappa shape index (κ3) is 2.80. The molecule has 0 N–H and O–H groups in total. The smallest absolute Gasteiger partial charge is 0.203 e. The summed E-state index contributed by atoms with van der Waals surface area (Å²) in [6.45, 7) is 1.96. The Morgan fingerprint density at radius 2 is 1.95 bits per heavy atom. The summed E-state index contributed by atoms with van der Waals surface area (Å²) < 4.78 is 1.86. The molecule has 0 bridgehead atoms. The van der Waals surface area contributed by atoms with E-state index >= 15 is 0 Å². The summed E-state index contributed by atoms with van der Waals surface area (Å²) >= 11 is 1.60. The van der Waals surface area contributed by atoms with Crippen LogP contribution in [0.25, 0.3) is 10.7 Å². The molecule has 0 aliphatic heterocycles. The fourth-order valence-electron chi connectivity index (χ4n) is 2.54. The van der Waals surface area contributed by atoms with Crippen LogP contribution in [0.3, 0.4) is 0 Å². The van der Waals surface area contributed by atoms with E-state index in [-0.39, 0.29) is 0 Å². The highest BCUT2D eigenvalue weighted by molar-refractivity contribution is 7.12. The Balaban J connectivity index is 1.95. The molecule has 2 aromatic rings. The van der Waals surface area contributed by atoms with Crippen molar-refractivity contribution >= 4 is 11.3 Å². The van der Waals surface area contributed by atoms with Crippen LogP contribution in [0.4, 0.5) is 0 Å². The Kier molecular flexibility index (Phi) is 3.91. The Bertz CT molecular complexity index is 652. The lowest BCUT2D eigenvalue weighted by atomic mass is 9.96. The van der Waals surface area contributed by atoms with Crippen molar-refractivity contribution in [3.63, 3.8) is 0 Å². The molecule has 1 aliphatic carbocycles. The van der Waals surface area contributed by atoms with Gasteiger partial charge in [0.05, 0.1) is 11.7 Å². The molecule has 0 aromatic carbocycles. The summed E-state index contributed by atoms with van der Waals surface area (Å²) in [5, 5.41) is 5.44. The Morgan fingerprint density at radius 3 is 2.70 bits per heavy atom. The number of aromatic nitrogens is 4. The van der Waals surface area contributed by atoms with E-state index in [1.165, 1.54) is 32.1 Å². The van der Waals surface area contributed by atoms with E-state index in [0.717, 1.165) is 21.2 Å². The fourth-order valence-corrected chi connectivity index (χ4v) is 3.55. The van der Waals surface area contributed by atoms with Gasteiger partial charge >= 0.3 is 0 Å². The monoisotopic (exact) mass is 289 g/mol. The highest BCUT2D eigenvalue weighted by Gasteiger charge is 2.14. The van der Waals surface area contributed by atoms with E-state index in [2.05, 4.69) is 15.1 Å². The highest BCUT2D eigenvalue weighted by atomic mass is 32.1. The maximum Gasteiger partial charge on any atom is 0.203 e. The van der Waals surface area contributed by atoms with E-state index in [0.29, 0.717) is 6.04 Å². The first-order chi connectivity index (χ1) is 9.74. The summed E-state index contributed by atoms with van der Waals surface area (Å²) in [7, 11) is 1.95. The number of rotatable bonds is 2. The van der Waals surface area contributed by atoms with Gasteiger partial charge in [0.15, 0.2) is 5.01 Å². The van der Waals surface area contributed by atoms with Crippen LogP contribution < -0.4 is 4.80 Å². The van der Waals surface area contributed by atoms with Gasteiger partial charge in [-0.05, 0) is 19.8 Å². The van der Waals surface area contributed by atoms with Crippen molar-refractivity contribution in [2.24, 2.45) is 12.0 Å². The van der Waals surface area contributed by atoms with Gasteiger partial charge in [0, 0.05) is 19.4 Å². The molecular formula is C14H19N5S. The lowest BCUT2D eigenvalue weighted by molar-refractivity contribution is 0.434. The molecule has 20 heavy (non-hydrogen) atoms. The molecule has 2 aromatic heterocycles. The maximum absolute atomic E-state index is 4.86. The van der Waals surface area contributed by atoms with Crippen molar-refractivity contribution in [3.8, 4) is 10.7 Å². The topological polar surface area (TPSA) is 56.0 Å². The van der Waals surface area contributed by atoms with E-state index < -0.39 is 0 Å². The van der Waals surface area contributed by atoms with Crippen molar-refractivity contribution in [2.75, 3.05) is 0 Å². The SMILES string of the molecule is Cc1nccnc1-c1nn(C)c(=NC2CCCCC2)s1. The average Bonchev–Trinajstić information content (AvgIpc) is 2.81. The Hall–Kier alpha value is -1.56. The normalized spacial score (nSPS) is 17.6. The van der Waals surface area contributed by atoms with Gasteiger partial charge in [-0.15, -0.1) is 0 Å². The second kappa shape index (κ2) is 5.83. The zero-order valence-electron chi connectivity index (χ0n) is 11.9. The number of hydrogen-bond acceptors (Lipinski definition) is 5.